The van der Waals surface area contributed by atoms with Crippen LogP contribution in [0.1, 0.15) is 29.9 Å². The maximum Gasteiger partial charge on any atom is 0.252 e. The van der Waals surface area contributed by atoms with Crippen molar-refractivity contribution in [3.63, 3.8) is 0 Å². The number of aromatic amines is 1. The number of nitrogens with zero attached hydrogens (tertiary/aromatic N) is 2. The van der Waals surface area contributed by atoms with Gasteiger partial charge in [-0.15, -0.1) is 0 Å². The van der Waals surface area contributed by atoms with Gasteiger partial charge in [-0.3, -0.25) is 9.89 Å². The van der Waals surface area contributed by atoms with Gasteiger partial charge in [0.25, 0.3) is 5.91 Å². The zero-order valence-electron chi connectivity index (χ0n) is 10.7. The Morgan fingerprint density at radius 1 is 1.56 bits per heavy atom. The maximum absolute atomic E-state index is 11.9. The van der Waals surface area contributed by atoms with Gasteiger partial charge in [0.05, 0.1) is 5.56 Å². The van der Waals surface area contributed by atoms with Gasteiger partial charge < -0.3 is 11.1 Å². The summed E-state index contributed by atoms with van der Waals surface area (Å²) in [5.41, 5.74) is 7.40. The van der Waals surface area contributed by atoms with Crippen molar-refractivity contribution >= 4 is 16.9 Å². The summed E-state index contributed by atoms with van der Waals surface area (Å²) in [6.45, 7) is 6.01. The fraction of sp³-hybridized carbons (Fsp3) is 0.417. The van der Waals surface area contributed by atoms with Gasteiger partial charge in [0.15, 0.2) is 5.65 Å². The van der Waals surface area contributed by atoms with E-state index in [2.05, 4.69) is 20.5 Å². The minimum absolute atomic E-state index is 0.177. The summed E-state index contributed by atoms with van der Waals surface area (Å²) in [6, 6.07) is 1.78. The van der Waals surface area contributed by atoms with E-state index in [4.69, 9.17) is 5.73 Å². The average Bonchev–Trinajstić information content (AvgIpc) is 2.67. The third-order valence-corrected chi connectivity index (χ3v) is 2.57. The van der Waals surface area contributed by atoms with Crippen LogP contribution in [0.15, 0.2) is 12.3 Å². The van der Waals surface area contributed by atoms with Crippen LogP contribution in [0.5, 0.6) is 0 Å². The molecule has 2 rings (SSSR count). The molecule has 18 heavy (non-hydrogen) atoms. The Balaban J connectivity index is 2.20. The molecule has 0 aromatic carbocycles. The smallest absolute Gasteiger partial charge is 0.252 e. The molecule has 2 heterocycles. The van der Waals surface area contributed by atoms with E-state index in [1.165, 1.54) is 6.20 Å². The van der Waals surface area contributed by atoms with Crippen LogP contribution in [-0.4, -0.2) is 33.2 Å². The highest BCUT2D eigenvalue weighted by atomic mass is 16.1. The van der Waals surface area contributed by atoms with Crippen LogP contribution in [0.4, 0.5) is 0 Å². The number of aromatic nitrogens is 3. The molecule has 0 aliphatic rings. The molecule has 0 radical (unpaired) electrons. The molecule has 0 bridgehead atoms. The van der Waals surface area contributed by atoms with Crippen LogP contribution < -0.4 is 11.1 Å². The summed E-state index contributed by atoms with van der Waals surface area (Å²) >= 11 is 0. The quantitative estimate of drug-likeness (QED) is 0.745. The number of nitrogens with two attached hydrogens (primary N) is 1. The molecule has 0 aliphatic heterocycles. The van der Waals surface area contributed by atoms with E-state index in [9.17, 15) is 4.79 Å². The Labute approximate surface area is 105 Å². The standard InChI is InChI=1S/C12H17N5O/c1-7-9-4-8(5-14-10(9)17-16-7)11(18)15-6-12(2,3)13/h4-5H,6,13H2,1-3H3,(H,15,18)(H,14,16,17). The molecule has 4 N–H and O–H groups in total. The topological polar surface area (TPSA) is 96.7 Å². The van der Waals surface area contributed by atoms with E-state index in [0.29, 0.717) is 17.8 Å². The summed E-state index contributed by atoms with van der Waals surface area (Å²) in [5.74, 6) is -0.177. The molecule has 0 saturated heterocycles. The summed E-state index contributed by atoms with van der Waals surface area (Å²) in [7, 11) is 0. The van der Waals surface area contributed by atoms with Crippen molar-refractivity contribution in [3.05, 3.63) is 23.5 Å². The minimum atomic E-state index is -0.432. The van der Waals surface area contributed by atoms with Crippen molar-refractivity contribution in [2.45, 2.75) is 26.3 Å². The van der Waals surface area contributed by atoms with Crippen molar-refractivity contribution in [3.8, 4) is 0 Å². The van der Waals surface area contributed by atoms with Crippen LogP contribution in [0, 0.1) is 6.92 Å². The van der Waals surface area contributed by atoms with E-state index in [0.717, 1.165) is 11.1 Å². The summed E-state index contributed by atoms with van der Waals surface area (Å²) in [4.78, 5) is 16.1. The van der Waals surface area contributed by atoms with Crippen molar-refractivity contribution < 1.29 is 4.79 Å². The Morgan fingerprint density at radius 2 is 2.28 bits per heavy atom. The highest BCUT2D eigenvalue weighted by Gasteiger charge is 2.14. The second-order valence-electron chi connectivity index (χ2n) is 5.12. The van der Waals surface area contributed by atoms with Gasteiger partial charge in [0.1, 0.15) is 0 Å². The number of amides is 1. The fourth-order valence-electron chi connectivity index (χ4n) is 1.55. The molecular weight excluding hydrogens is 230 g/mol. The van der Waals surface area contributed by atoms with E-state index in [1.54, 1.807) is 6.07 Å². The normalized spacial score (nSPS) is 11.8. The molecule has 2 aromatic heterocycles. The number of hydrogen-bond donors (Lipinski definition) is 3. The highest BCUT2D eigenvalue weighted by Crippen LogP contribution is 2.14. The maximum atomic E-state index is 11.9. The van der Waals surface area contributed by atoms with Crippen LogP contribution in [0.25, 0.3) is 11.0 Å². The van der Waals surface area contributed by atoms with Crippen LogP contribution >= 0.6 is 0 Å². The number of rotatable bonds is 3. The second kappa shape index (κ2) is 4.38. The Hall–Kier alpha value is -1.95. The molecule has 0 atom stereocenters. The van der Waals surface area contributed by atoms with Gasteiger partial charge in [-0.1, -0.05) is 0 Å². The second-order valence-corrected chi connectivity index (χ2v) is 5.12. The van der Waals surface area contributed by atoms with E-state index in [1.807, 2.05) is 20.8 Å². The van der Waals surface area contributed by atoms with E-state index < -0.39 is 5.54 Å². The molecule has 96 valence electrons. The van der Waals surface area contributed by atoms with Gasteiger partial charge in [0.2, 0.25) is 0 Å². The average molecular weight is 247 g/mol. The van der Waals surface area contributed by atoms with Gasteiger partial charge in [-0.2, -0.15) is 5.10 Å². The first-order chi connectivity index (χ1) is 8.37. The summed E-state index contributed by atoms with van der Waals surface area (Å²) < 4.78 is 0. The van der Waals surface area contributed by atoms with Crippen molar-refractivity contribution in [2.24, 2.45) is 5.73 Å². The third-order valence-electron chi connectivity index (χ3n) is 2.57. The predicted octanol–water partition coefficient (Wildman–Crippen LogP) is 0.733. The molecule has 0 saturated carbocycles. The molecule has 1 amide bonds. The first-order valence-electron chi connectivity index (χ1n) is 5.74. The zero-order valence-corrected chi connectivity index (χ0v) is 10.7. The molecule has 0 spiro atoms. The lowest BCUT2D eigenvalue weighted by molar-refractivity contribution is 0.0946. The van der Waals surface area contributed by atoms with Crippen LogP contribution in [-0.2, 0) is 0 Å². The van der Waals surface area contributed by atoms with E-state index in [-0.39, 0.29) is 5.91 Å². The first kappa shape index (κ1) is 12.5. The van der Waals surface area contributed by atoms with Gasteiger partial charge >= 0.3 is 0 Å². The lowest BCUT2D eigenvalue weighted by atomic mass is 10.1. The van der Waals surface area contributed by atoms with E-state index >= 15 is 0 Å². The van der Waals surface area contributed by atoms with Crippen molar-refractivity contribution in [1.29, 1.82) is 0 Å². The number of aryl methyl sites for hydroxylation is 1. The van der Waals surface area contributed by atoms with Gasteiger partial charge in [0, 0.05) is 29.4 Å². The zero-order chi connectivity index (χ0) is 13.3. The molecule has 0 fully saturated rings. The number of H-pyrrole nitrogens is 1. The molecule has 0 aliphatic carbocycles. The molecule has 0 unspecified atom stereocenters. The van der Waals surface area contributed by atoms with Crippen LogP contribution in [0.2, 0.25) is 0 Å². The number of nitrogens with one attached hydrogen (secondary N) is 2. The number of pyridine rings is 1. The fourth-order valence-corrected chi connectivity index (χ4v) is 1.55. The SMILES string of the molecule is Cc1[nH]nc2ncc(C(=O)NCC(C)(C)N)cc12. The monoisotopic (exact) mass is 247 g/mol. The molecular formula is C12H17N5O. The van der Waals surface area contributed by atoms with Crippen molar-refractivity contribution in [2.75, 3.05) is 6.54 Å². The van der Waals surface area contributed by atoms with Crippen LogP contribution in [0.3, 0.4) is 0 Å². The highest BCUT2D eigenvalue weighted by molar-refractivity contribution is 5.97. The summed E-state index contributed by atoms with van der Waals surface area (Å²) in [6.07, 6.45) is 1.52. The summed E-state index contributed by atoms with van der Waals surface area (Å²) in [5, 5.41) is 10.5. The number of carbonyl (C=O) groups excluding carboxylic acids is 1. The molecule has 6 nitrogen and oxygen atoms in total. The number of fused-ring (bicyclic) bond motifs is 1. The Bertz CT molecular complexity index is 582. The molecule has 6 heteroatoms. The van der Waals surface area contributed by atoms with Gasteiger partial charge in [-0.05, 0) is 26.8 Å². The third kappa shape index (κ3) is 2.65. The van der Waals surface area contributed by atoms with Gasteiger partial charge in [-0.25, -0.2) is 4.98 Å². The lowest BCUT2D eigenvalue weighted by Crippen LogP contribution is -2.45. The first-order valence-corrected chi connectivity index (χ1v) is 5.74. The lowest BCUT2D eigenvalue weighted by Gasteiger charge is -2.18. The Morgan fingerprint density at radius 3 is 2.94 bits per heavy atom. The predicted molar refractivity (Wildman–Crippen MR) is 69.2 cm³/mol. The molecule has 2 aromatic rings. The number of hydrogen-bond acceptors (Lipinski definition) is 4. The van der Waals surface area contributed by atoms with Crippen molar-refractivity contribution in [1.82, 2.24) is 20.5 Å². The Kier molecular flexibility index (Phi) is 3.04. The minimum Gasteiger partial charge on any atom is -0.350 e. The number of carbonyl (C=O) groups is 1. The largest absolute Gasteiger partial charge is 0.350 e.